The van der Waals surface area contributed by atoms with Gasteiger partial charge in [-0.2, -0.15) is 13.2 Å². The summed E-state index contributed by atoms with van der Waals surface area (Å²) >= 11 is 0. The van der Waals surface area contributed by atoms with Crippen molar-refractivity contribution in [2.75, 3.05) is 6.61 Å². The molecule has 2 heterocycles. The van der Waals surface area contributed by atoms with Crippen LogP contribution < -0.4 is 4.74 Å². The Kier molecular flexibility index (Phi) is 7.72. The lowest BCUT2D eigenvalue weighted by Gasteiger charge is -2.12. The molecule has 0 aliphatic rings. The van der Waals surface area contributed by atoms with E-state index in [2.05, 4.69) is 19.8 Å². The van der Waals surface area contributed by atoms with Crippen molar-refractivity contribution in [3.63, 3.8) is 0 Å². The van der Waals surface area contributed by atoms with Crippen LogP contribution in [-0.4, -0.2) is 44.6 Å². The average Bonchev–Trinajstić information content (AvgIpc) is 3.12. The summed E-state index contributed by atoms with van der Waals surface area (Å²) < 4.78 is 54.9. The molecule has 9 nitrogen and oxygen atoms in total. The van der Waals surface area contributed by atoms with Crippen LogP contribution in [0.1, 0.15) is 33.4 Å². The van der Waals surface area contributed by atoms with E-state index in [0.717, 1.165) is 29.4 Å². The molecule has 0 aliphatic heterocycles. The van der Waals surface area contributed by atoms with E-state index in [1.807, 2.05) is 13.8 Å². The van der Waals surface area contributed by atoms with Crippen molar-refractivity contribution in [2.45, 2.75) is 40.0 Å². The zero-order chi connectivity index (χ0) is 23.2. The van der Waals surface area contributed by atoms with Gasteiger partial charge in [-0.15, -0.1) is 5.10 Å². The number of aromatic nitrogens is 4. The number of carbonyl (C=O) groups is 2. The maximum atomic E-state index is 13.2. The first-order chi connectivity index (χ1) is 14.4. The molecular formula is C19H21F3N4O5. The molecule has 0 aromatic carbocycles. The maximum Gasteiger partial charge on any atom is 0.516 e. The van der Waals surface area contributed by atoms with Crippen LogP contribution in [-0.2, 0) is 20.4 Å². The van der Waals surface area contributed by atoms with Crippen molar-refractivity contribution in [1.29, 1.82) is 0 Å². The number of pyridine rings is 1. The van der Waals surface area contributed by atoms with E-state index in [4.69, 9.17) is 9.47 Å². The molecule has 2 aromatic heterocycles. The minimum absolute atomic E-state index is 0.0185. The van der Waals surface area contributed by atoms with Crippen molar-refractivity contribution in [2.24, 2.45) is 5.92 Å². The van der Waals surface area contributed by atoms with Crippen molar-refractivity contribution in [3.05, 3.63) is 30.2 Å². The Morgan fingerprint density at radius 1 is 1.19 bits per heavy atom. The number of esters is 1. The minimum atomic E-state index is -4.69. The number of rotatable bonds is 7. The molecule has 2 aromatic rings. The Labute approximate surface area is 175 Å². The largest absolute Gasteiger partial charge is 0.516 e. The lowest BCUT2D eigenvalue weighted by atomic mass is 10.2. The predicted molar refractivity (Wildman–Crippen MR) is 102 cm³/mol. The zero-order valence-corrected chi connectivity index (χ0v) is 17.2. The second-order valence-electron chi connectivity index (χ2n) is 6.98. The Hall–Kier alpha value is -3.44. The van der Waals surface area contributed by atoms with Crippen molar-refractivity contribution in [1.82, 2.24) is 19.7 Å². The van der Waals surface area contributed by atoms with Crippen LogP contribution in [0.25, 0.3) is 17.6 Å². The fourth-order valence-corrected chi connectivity index (χ4v) is 2.08. The highest BCUT2D eigenvalue weighted by atomic mass is 19.4. The molecule has 0 bridgehead atoms. The van der Waals surface area contributed by atoms with E-state index in [1.165, 1.54) is 6.07 Å². The normalized spacial score (nSPS) is 11.9. The van der Waals surface area contributed by atoms with Crippen LogP contribution in [0.3, 0.4) is 0 Å². The van der Waals surface area contributed by atoms with Crippen molar-refractivity contribution < 1.29 is 37.0 Å². The van der Waals surface area contributed by atoms with Crippen LogP contribution in [0, 0.1) is 5.92 Å². The molecule has 31 heavy (non-hydrogen) atoms. The van der Waals surface area contributed by atoms with Gasteiger partial charge in [0.25, 0.3) is 0 Å². The molecule has 168 valence electrons. The van der Waals surface area contributed by atoms with Crippen LogP contribution in [0.5, 0.6) is 5.88 Å². The van der Waals surface area contributed by atoms with E-state index in [-0.39, 0.29) is 29.8 Å². The lowest BCUT2D eigenvalue weighted by Crippen LogP contribution is -2.14. The summed E-state index contributed by atoms with van der Waals surface area (Å²) in [6.45, 7) is 7.02. The minimum Gasteiger partial charge on any atom is -0.475 e. The molecule has 0 unspecified atom stereocenters. The smallest absolute Gasteiger partial charge is 0.475 e. The monoisotopic (exact) mass is 442 g/mol. The quantitative estimate of drug-likeness (QED) is 0.361. The molecule has 0 saturated carbocycles. The highest BCUT2D eigenvalue weighted by Gasteiger charge is 2.34. The van der Waals surface area contributed by atoms with Gasteiger partial charge in [-0.3, -0.25) is 0 Å². The molecule has 0 radical (unpaired) electrons. The number of halogens is 3. The summed E-state index contributed by atoms with van der Waals surface area (Å²) in [5, 5.41) is 3.98. The Morgan fingerprint density at radius 2 is 1.90 bits per heavy atom. The van der Waals surface area contributed by atoms with Crippen LogP contribution in [0.2, 0.25) is 0 Å². The first-order valence-corrected chi connectivity index (χ1v) is 9.18. The standard InChI is InChI=1S/C19H21F3N4O5/c1-11(2)9-29-18(28)31-16(27)5-6-26-10-23-17(25-26)13-7-14(19(20,21)22)24-15(8-13)30-12(3)4/h5-8,10-12H,9H2,1-4H3/b6-5-. The molecule has 0 saturated heterocycles. The van der Waals surface area contributed by atoms with Crippen LogP contribution >= 0.6 is 0 Å². The first-order valence-electron chi connectivity index (χ1n) is 9.18. The van der Waals surface area contributed by atoms with Gasteiger partial charge >= 0.3 is 18.3 Å². The van der Waals surface area contributed by atoms with Crippen LogP contribution in [0.4, 0.5) is 18.0 Å². The van der Waals surface area contributed by atoms with E-state index in [1.54, 1.807) is 13.8 Å². The van der Waals surface area contributed by atoms with Crippen LogP contribution in [0.15, 0.2) is 24.5 Å². The molecule has 0 amide bonds. The number of hydrogen-bond acceptors (Lipinski definition) is 8. The number of nitrogens with zero attached hydrogens (tertiary/aromatic N) is 4. The van der Waals surface area contributed by atoms with Gasteiger partial charge in [0.15, 0.2) is 5.82 Å². The molecule has 2 rings (SSSR count). The summed E-state index contributed by atoms with van der Waals surface area (Å²) in [7, 11) is 0. The fraction of sp³-hybridized carbons (Fsp3) is 0.421. The zero-order valence-electron chi connectivity index (χ0n) is 17.2. The summed E-state index contributed by atoms with van der Waals surface area (Å²) in [5.41, 5.74) is -1.14. The van der Waals surface area contributed by atoms with Gasteiger partial charge in [0.1, 0.15) is 12.0 Å². The topological polar surface area (TPSA) is 105 Å². The fourth-order valence-electron chi connectivity index (χ4n) is 2.08. The molecule has 0 spiro atoms. The van der Waals surface area contributed by atoms with Gasteiger partial charge in [0.05, 0.1) is 12.7 Å². The molecule has 0 atom stereocenters. The number of hydrogen-bond donors (Lipinski definition) is 0. The SMILES string of the molecule is CC(C)COC(=O)OC(=O)/C=C\n1cnc(-c2cc(OC(C)C)nc(C(F)(F)F)c2)n1. The third-order valence-corrected chi connectivity index (χ3v) is 3.30. The highest BCUT2D eigenvalue weighted by molar-refractivity contribution is 5.91. The van der Waals surface area contributed by atoms with Gasteiger partial charge in [-0.05, 0) is 25.8 Å². The summed E-state index contributed by atoms with van der Waals surface area (Å²) in [6.07, 6.45) is -3.07. The van der Waals surface area contributed by atoms with Gasteiger partial charge in [0.2, 0.25) is 5.88 Å². The molecule has 0 N–H and O–H groups in total. The predicted octanol–water partition coefficient (Wildman–Crippen LogP) is 3.95. The second-order valence-corrected chi connectivity index (χ2v) is 6.98. The maximum absolute atomic E-state index is 13.2. The Balaban J connectivity index is 2.15. The van der Waals surface area contributed by atoms with Gasteiger partial charge in [-0.1, -0.05) is 13.8 Å². The number of carbonyl (C=O) groups excluding carboxylic acids is 2. The van der Waals surface area contributed by atoms with Gasteiger partial charge in [0, 0.05) is 23.9 Å². The Bertz CT molecular complexity index is 954. The summed E-state index contributed by atoms with van der Waals surface area (Å²) in [4.78, 5) is 30.4. The average molecular weight is 442 g/mol. The van der Waals surface area contributed by atoms with E-state index < -0.39 is 30.1 Å². The summed E-state index contributed by atoms with van der Waals surface area (Å²) in [5.74, 6) is -1.22. The third kappa shape index (κ3) is 7.72. The summed E-state index contributed by atoms with van der Waals surface area (Å²) in [6, 6.07) is 2.06. The highest BCUT2D eigenvalue weighted by Crippen LogP contribution is 2.32. The number of alkyl halides is 3. The van der Waals surface area contributed by atoms with E-state index in [0.29, 0.717) is 0 Å². The molecule has 12 heteroatoms. The van der Waals surface area contributed by atoms with Crippen molar-refractivity contribution >= 4 is 18.3 Å². The molecule has 0 fully saturated rings. The lowest BCUT2D eigenvalue weighted by molar-refractivity contribution is -0.141. The first kappa shape index (κ1) is 23.8. The van der Waals surface area contributed by atoms with Gasteiger partial charge < -0.3 is 14.2 Å². The number of ether oxygens (including phenoxy) is 3. The van der Waals surface area contributed by atoms with Gasteiger partial charge in [-0.25, -0.2) is 24.2 Å². The van der Waals surface area contributed by atoms with E-state index >= 15 is 0 Å². The Morgan fingerprint density at radius 3 is 2.52 bits per heavy atom. The second kappa shape index (κ2) is 10.0. The van der Waals surface area contributed by atoms with E-state index in [9.17, 15) is 22.8 Å². The molecular weight excluding hydrogens is 421 g/mol. The molecule has 0 aliphatic carbocycles. The van der Waals surface area contributed by atoms with Crippen molar-refractivity contribution in [3.8, 4) is 17.3 Å². The third-order valence-electron chi connectivity index (χ3n) is 3.30.